The van der Waals surface area contributed by atoms with Gasteiger partial charge in [0.15, 0.2) is 17.5 Å². The third kappa shape index (κ3) is 6.21. The smallest absolute Gasteiger partial charge is 0.399 e. The monoisotopic (exact) mass is 525 g/mol. The van der Waals surface area contributed by atoms with E-state index in [4.69, 9.17) is 10.1 Å². The SMILES string of the molecule is CO/N=C(\C)c1nc(C(C)NC(=O)c2cc(C(F)(F)F)cc(C(F)(F)F)c2)n(-c2ccc(C#N)cn2)n1. The van der Waals surface area contributed by atoms with E-state index in [1.807, 2.05) is 6.07 Å². The van der Waals surface area contributed by atoms with E-state index in [1.54, 1.807) is 0 Å². The molecule has 0 spiro atoms. The predicted molar refractivity (Wildman–Crippen MR) is 115 cm³/mol. The van der Waals surface area contributed by atoms with Crippen molar-refractivity contribution >= 4 is 11.6 Å². The van der Waals surface area contributed by atoms with Crippen LogP contribution in [-0.4, -0.2) is 38.5 Å². The van der Waals surface area contributed by atoms with Crippen LogP contribution < -0.4 is 5.32 Å². The Kier molecular flexibility index (Phi) is 7.51. The van der Waals surface area contributed by atoms with Gasteiger partial charge in [-0.2, -0.15) is 36.3 Å². The summed E-state index contributed by atoms with van der Waals surface area (Å²) >= 11 is 0. The van der Waals surface area contributed by atoms with Gasteiger partial charge in [-0.3, -0.25) is 4.79 Å². The van der Waals surface area contributed by atoms with Crippen molar-refractivity contribution < 1.29 is 36.0 Å². The number of carbonyl (C=O) groups excluding carboxylic acids is 1. The van der Waals surface area contributed by atoms with E-state index in [0.29, 0.717) is 12.1 Å². The molecule has 1 unspecified atom stereocenters. The maximum atomic E-state index is 13.2. The Morgan fingerprint density at radius 2 is 1.76 bits per heavy atom. The number of pyridine rings is 1. The largest absolute Gasteiger partial charge is 0.416 e. The number of rotatable bonds is 6. The molecular formula is C22H17F6N7O2. The topological polar surface area (TPSA) is 118 Å². The summed E-state index contributed by atoms with van der Waals surface area (Å²) in [6.07, 6.45) is -8.98. The first-order valence-corrected chi connectivity index (χ1v) is 10.3. The number of alkyl halides is 6. The summed E-state index contributed by atoms with van der Waals surface area (Å²) in [7, 11) is 1.29. The van der Waals surface area contributed by atoms with Crippen LogP contribution in [0.25, 0.3) is 5.82 Å². The van der Waals surface area contributed by atoms with Crippen LogP contribution in [0.1, 0.15) is 58.6 Å². The van der Waals surface area contributed by atoms with Crippen LogP contribution >= 0.6 is 0 Å². The van der Waals surface area contributed by atoms with Gasteiger partial charge in [0.25, 0.3) is 5.91 Å². The van der Waals surface area contributed by atoms with Crippen molar-refractivity contribution in [1.82, 2.24) is 25.1 Å². The molecule has 0 aliphatic rings. The van der Waals surface area contributed by atoms with Crippen molar-refractivity contribution in [1.29, 1.82) is 5.26 Å². The molecule has 3 rings (SSSR count). The number of halogens is 6. The molecule has 0 saturated heterocycles. The summed E-state index contributed by atoms with van der Waals surface area (Å²) in [6.45, 7) is 2.91. The number of oxime groups is 1. The number of carbonyl (C=O) groups is 1. The minimum absolute atomic E-state index is 0.0224. The van der Waals surface area contributed by atoms with Gasteiger partial charge in [0.1, 0.15) is 18.9 Å². The lowest BCUT2D eigenvalue weighted by atomic mass is 10.0. The van der Waals surface area contributed by atoms with Crippen molar-refractivity contribution in [2.75, 3.05) is 7.11 Å². The molecular weight excluding hydrogens is 508 g/mol. The van der Waals surface area contributed by atoms with Gasteiger partial charge in [0.2, 0.25) is 0 Å². The quantitative estimate of drug-likeness (QED) is 0.289. The average molecular weight is 525 g/mol. The molecule has 1 atom stereocenters. The molecule has 0 aliphatic carbocycles. The van der Waals surface area contributed by atoms with E-state index in [1.165, 1.54) is 44.0 Å². The Morgan fingerprint density at radius 1 is 1.14 bits per heavy atom. The summed E-state index contributed by atoms with van der Waals surface area (Å²) in [5.74, 6) is -0.982. The number of benzene rings is 1. The van der Waals surface area contributed by atoms with Gasteiger partial charge in [0, 0.05) is 11.8 Å². The van der Waals surface area contributed by atoms with Gasteiger partial charge in [-0.25, -0.2) is 9.97 Å². The fourth-order valence-corrected chi connectivity index (χ4v) is 3.11. The molecule has 0 radical (unpaired) electrons. The van der Waals surface area contributed by atoms with Gasteiger partial charge in [-0.1, -0.05) is 5.16 Å². The van der Waals surface area contributed by atoms with Crippen LogP contribution in [0.15, 0.2) is 41.7 Å². The maximum absolute atomic E-state index is 13.2. The maximum Gasteiger partial charge on any atom is 0.416 e. The van der Waals surface area contributed by atoms with Crippen LogP contribution in [0.3, 0.4) is 0 Å². The Labute approximate surface area is 205 Å². The lowest BCUT2D eigenvalue weighted by Crippen LogP contribution is -2.29. The second-order valence-electron chi connectivity index (χ2n) is 7.57. The zero-order chi connectivity index (χ0) is 27.5. The van der Waals surface area contributed by atoms with E-state index < -0.39 is 41.0 Å². The lowest BCUT2D eigenvalue weighted by Gasteiger charge is -2.17. The number of amides is 1. The van der Waals surface area contributed by atoms with Gasteiger partial charge in [-0.05, 0) is 44.2 Å². The highest BCUT2D eigenvalue weighted by molar-refractivity contribution is 5.95. The van der Waals surface area contributed by atoms with E-state index in [9.17, 15) is 31.1 Å². The molecule has 0 saturated carbocycles. The highest BCUT2D eigenvalue weighted by Gasteiger charge is 2.37. The first-order chi connectivity index (χ1) is 17.2. The summed E-state index contributed by atoms with van der Waals surface area (Å²) in [5, 5.41) is 19.3. The molecule has 37 heavy (non-hydrogen) atoms. The fraction of sp³-hybridized carbons (Fsp3) is 0.273. The molecule has 1 N–H and O–H groups in total. The van der Waals surface area contributed by atoms with Crippen molar-refractivity contribution in [2.24, 2.45) is 5.16 Å². The molecule has 0 aliphatic heterocycles. The first kappa shape index (κ1) is 27.1. The number of nitriles is 1. The third-order valence-electron chi connectivity index (χ3n) is 4.86. The second-order valence-corrected chi connectivity index (χ2v) is 7.57. The Bertz CT molecular complexity index is 1340. The van der Waals surface area contributed by atoms with Gasteiger partial charge in [0.05, 0.1) is 22.7 Å². The van der Waals surface area contributed by atoms with Crippen LogP contribution in [0.2, 0.25) is 0 Å². The van der Waals surface area contributed by atoms with Crippen LogP contribution in [-0.2, 0) is 17.2 Å². The summed E-state index contributed by atoms with van der Waals surface area (Å²) < 4.78 is 80.3. The summed E-state index contributed by atoms with van der Waals surface area (Å²) in [4.78, 5) is 25.8. The predicted octanol–water partition coefficient (Wildman–Crippen LogP) is 4.43. The zero-order valence-electron chi connectivity index (χ0n) is 19.3. The molecule has 0 bridgehead atoms. The minimum atomic E-state index is -5.11. The van der Waals surface area contributed by atoms with Crippen molar-refractivity contribution in [3.8, 4) is 11.9 Å². The van der Waals surface area contributed by atoms with Crippen molar-refractivity contribution in [2.45, 2.75) is 32.2 Å². The van der Waals surface area contributed by atoms with Crippen molar-refractivity contribution in [3.63, 3.8) is 0 Å². The summed E-state index contributed by atoms with van der Waals surface area (Å²) in [6, 6.07) is 4.27. The van der Waals surface area contributed by atoms with E-state index in [2.05, 4.69) is 25.5 Å². The van der Waals surface area contributed by atoms with Gasteiger partial charge >= 0.3 is 12.4 Å². The molecule has 15 heteroatoms. The number of aromatic nitrogens is 4. The number of hydrogen-bond donors (Lipinski definition) is 1. The number of nitrogens with zero attached hydrogens (tertiary/aromatic N) is 6. The molecule has 1 aromatic carbocycles. The van der Waals surface area contributed by atoms with Crippen LogP contribution in [0.4, 0.5) is 26.3 Å². The Morgan fingerprint density at radius 3 is 2.24 bits per heavy atom. The van der Waals surface area contributed by atoms with E-state index in [0.717, 1.165) is 0 Å². The van der Waals surface area contributed by atoms with E-state index in [-0.39, 0.29) is 34.8 Å². The fourth-order valence-electron chi connectivity index (χ4n) is 3.11. The molecule has 0 fully saturated rings. The molecule has 1 amide bonds. The van der Waals surface area contributed by atoms with E-state index >= 15 is 0 Å². The average Bonchev–Trinajstić information content (AvgIpc) is 3.29. The first-order valence-electron chi connectivity index (χ1n) is 10.3. The zero-order valence-corrected chi connectivity index (χ0v) is 19.3. The molecule has 2 aromatic heterocycles. The number of hydrogen-bond acceptors (Lipinski definition) is 7. The third-order valence-corrected chi connectivity index (χ3v) is 4.86. The van der Waals surface area contributed by atoms with Gasteiger partial charge < -0.3 is 10.2 Å². The van der Waals surface area contributed by atoms with Gasteiger partial charge in [-0.15, -0.1) is 5.10 Å². The second kappa shape index (κ2) is 10.2. The van der Waals surface area contributed by atoms with Crippen LogP contribution in [0.5, 0.6) is 0 Å². The molecule has 2 heterocycles. The standard InChI is InChI=1S/C22H17F6N7O2/c1-11(34-37-3)18-32-19(35(33-18)17-5-4-13(9-29)10-30-17)12(2)31-20(36)14-6-15(21(23,24)25)8-16(7-14)22(26,27)28/h4-8,10,12H,1-3H3,(H,31,36)/b34-11+. The lowest BCUT2D eigenvalue weighted by molar-refractivity contribution is -0.143. The Balaban J connectivity index is 2.02. The minimum Gasteiger partial charge on any atom is -0.399 e. The highest BCUT2D eigenvalue weighted by atomic mass is 19.4. The Hall–Kier alpha value is -4.48. The molecule has 3 aromatic rings. The number of nitrogens with one attached hydrogen (secondary N) is 1. The van der Waals surface area contributed by atoms with Crippen molar-refractivity contribution in [3.05, 3.63) is 70.4 Å². The highest BCUT2D eigenvalue weighted by Crippen LogP contribution is 2.36. The summed E-state index contributed by atoms with van der Waals surface area (Å²) in [5.41, 5.74) is -3.64. The molecule has 194 valence electrons. The van der Waals surface area contributed by atoms with Crippen LogP contribution in [0, 0.1) is 11.3 Å². The molecule has 9 nitrogen and oxygen atoms in total. The normalized spacial score (nSPS) is 13.1.